The summed E-state index contributed by atoms with van der Waals surface area (Å²) in [6.07, 6.45) is 3.59. The standard InChI is InChI=1S/C19H22N4O.ClH/c1-20-18(16-11-21-23(3)13-16)19(24)22(2)12-15-9-6-8-14-7-4-5-10-17(14)15;/h4-11,13,18,20H,12H2,1-3H3;1H. The summed E-state index contributed by atoms with van der Waals surface area (Å²) in [5.41, 5.74) is 2.01. The van der Waals surface area contributed by atoms with Gasteiger partial charge >= 0.3 is 0 Å². The molecular formula is C19H23ClN4O. The van der Waals surface area contributed by atoms with Gasteiger partial charge in [-0.2, -0.15) is 5.10 Å². The molecular weight excluding hydrogens is 336 g/mol. The molecule has 0 spiro atoms. The minimum Gasteiger partial charge on any atom is -0.340 e. The Bertz CT molecular complexity index is 856. The van der Waals surface area contributed by atoms with Crippen molar-refractivity contribution in [3.05, 3.63) is 66.0 Å². The van der Waals surface area contributed by atoms with Crippen LogP contribution in [0.15, 0.2) is 54.9 Å². The van der Waals surface area contributed by atoms with E-state index in [1.54, 1.807) is 22.8 Å². The van der Waals surface area contributed by atoms with Crippen LogP contribution in [0.1, 0.15) is 17.2 Å². The molecule has 3 rings (SSSR count). The smallest absolute Gasteiger partial charge is 0.244 e. The number of hydrogen-bond donors (Lipinski definition) is 1. The van der Waals surface area contributed by atoms with E-state index in [1.165, 1.54) is 10.8 Å². The van der Waals surface area contributed by atoms with Crippen LogP contribution in [-0.2, 0) is 18.4 Å². The minimum absolute atomic E-state index is 0. The second-order valence-corrected chi connectivity index (χ2v) is 6.00. The minimum atomic E-state index is -0.390. The van der Waals surface area contributed by atoms with Gasteiger partial charge < -0.3 is 10.2 Å². The van der Waals surface area contributed by atoms with Crippen LogP contribution < -0.4 is 5.32 Å². The summed E-state index contributed by atoms with van der Waals surface area (Å²) in [6.45, 7) is 0.568. The molecule has 0 saturated heterocycles. The number of carbonyl (C=O) groups is 1. The Hall–Kier alpha value is -2.37. The Kier molecular flexibility index (Phi) is 6.17. The molecule has 0 aliphatic heterocycles. The van der Waals surface area contributed by atoms with Gasteiger partial charge in [-0.25, -0.2) is 0 Å². The third-order valence-corrected chi connectivity index (χ3v) is 4.26. The molecule has 5 nitrogen and oxygen atoms in total. The number of hydrogen-bond acceptors (Lipinski definition) is 3. The molecule has 1 atom stereocenters. The predicted molar refractivity (Wildman–Crippen MR) is 103 cm³/mol. The van der Waals surface area contributed by atoms with E-state index in [4.69, 9.17) is 0 Å². The highest BCUT2D eigenvalue weighted by Crippen LogP contribution is 2.21. The maximum Gasteiger partial charge on any atom is 0.244 e. The molecule has 1 aromatic heterocycles. The SMILES string of the molecule is CNC(C(=O)N(C)Cc1cccc2ccccc12)c1cnn(C)c1.Cl. The molecule has 0 fully saturated rings. The van der Waals surface area contributed by atoms with Crippen molar-refractivity contribution in [2.45, 2.75) is 12.6 Å². The third kappa shape index (κ3) is 4.00. The highest BCUT2D eigenvalue weighted by molar-refractivity contribution is 5.87. The number of aryl methyl sites for hydroxylation is 1. The fraction of sp³-hybridized carbons (Fsp3) is 0.263. The summed E-state index contributed by atoms with van der Waals surface area (Å²) in [4.78, 5) is 14.6. The van der Waals surface area contributed by atoms with Gasteiger partial charge in [0.2, 0.25) is 5.91 Å². The van der Waals surface area contributed by atoms with Crippen LogP contribution in [0.5, 0.6) is 0 Å². The highest BCUT2D eigenvalue weighted by atomic mass is 35.5. The van der Waals surface area contributed by atoms with Crippen LogP contribution in [0.25, 0.3) is 10.8 Å². The number of rotatable bonds is 5. The fourth-order valence-electron chi connectivity index (χ4n) is 3.01. The first kappa shape index (κ1) is 19.0. The van der Waals surface area contributed by atoms with E-state index >= 15 is 0 Å². The summed E-state index contributed by atoms with van der Waals surface area (Å²) in [5, 5.41) is 9.62. The lowest BCUT2D eigenvalue weighted by Gasteiger charge is -2.23. The fourth-order valence-corrected chi connectivity index (χ4v) is 3.01. The van der Waals surface area contributed by atoms with Crippen molar-refractivity contribution in [3.63, 3.8) is 0 Å². The number of halogens is 1. The van der Waals surface area contributed by atoms with Crippen LogP contribution in [-0.4, -0.2) is 34.7 Å². The topological polar surface area (TPSA) is 50.2 Å². The summed E-state index contributed by atoms with van der Waals surface area (Å²) >= 11 is 0. The zero-order valence-electron chi connectivity index (χ0n) is 14.6. The Morgan fingerprint density at radius 1 is 1.24 bits per heavy atom. The van der Waals surface area contributed by atoms with Gasteiger partial charge in [-0.1, -0.05) is 42.5 Å². The maximum atomic E-state index is 12.9. The first-order valence-electron chi connectivity index (χ1n) is 7.97. The molecule has 6 heteroatoms. The molecule has 3 aromatic rings. The average Bonchev–Trinajstić information content (AvgIpc) is 3.02. The van der Waals surface area contributed by atoms with Crippen LogP contribution in [0, 0.1) is 0 Å². The second kappa shape index (κ2) is 8.14. The Balaban J connectivity index is 0.00000225. The normalized spacial score (nSPS) is 11.8. The lowest BCUT2D eigenvalue weighted by atomic mass is 10.0. The number of benzene rings is 2. The van der Waals surface area contributed by atoms with E-state index < -0.39 is 6.04 Å². The van der Waals surface area contributed by atoms with E-state index in [-0.39, 0.29) is 18.3 Å². The molecule has 0 saturated carbocycles. The molecule has 0 aliphatic rings. The van der Waals surface area contributed by atoms with Gasteiger partial charge in [0.25, 0.3) is 0 Å². The highest BCUT2D eigenvalue weighted by Gasteiger charge is 2.23. The zero-order valence-corrected chi connectivity index (χ0v) is 15.5. The molecule has 1 amide bonds. The lowest BCUT2D eigenvalue weighted by molar-refractivity contribution is -0.132. The average molecular weight is 359 g/mol. The summed E-state index contributed by atoms with van der Waals surface area (Å²) in [5.74, 6) is 0.0263. The maximum absolute atomic E-state index is 12.9. The third-order valence-electron chi connectivity index (χ3n) is 4.26. The predicted octanol–water partition coefficient (Wildman–Crippen LogP) is 2.91. The van der Waals surface area contributed by atoms with Gasteiger partial charge in [-0.05, 0) is 23.4 Å². The number of nitrogens with one attached hydrogen (secondary N) is 1. The summed E-state index contributed by atoms with van der Waals surface area (Å²) in [7, 11) is 5.48. The molecule has 1 unspecified atom stereocenters. The van der Waals surface area contributed by atoms with Crippen molar-refractivity contribution < 1.29 is 4.79 Å². The molecule has 132 valence electrons. The van der Waals surface area contributed by atoms with Crippen LogP contribution >= 0.6 is 12.4 Å². The van der Waals surface area contributed by atoms with Crippen LogP contribution in [0.4, 0.5) is 0 Å². The van der Waals surface area contributed by atoms with Crippen molar-refractivity contribution in [2.24, 2.45) is 7.05 Å². The van der Waals surface area contributed by atoms with Crippen molar-refractivity contribution >= 4 is 29.1 Å². The second-order valence-electron chi connectivity index (χ2n) is 6.00. The van der Waals surface area contributed by atoms with Gasteiger partial charge in [0.15, 0.2) is 0 Å². The van der Waals surface area contributed by atoms with Gasteiger partial charge in [-0.3, -0.25) is 9.48 Å². The number of fused-ring (bicyclic) bond motifs is 1. The van der Waals surface area contributed by atoms with Gasteiger partial charge in [-0.15, -0.1) is 12.4 Å². The van der Waals surface area contributed by atoms with Crippen LogP contribution in [0.3, 0.4) is 0 Å². The molecule has 0 radical (unpaired) electrons. The molecule has 1 N–H and O–H groups in total. The van der Waals surface area contributed by atoms with Crippen molar-refractivity contribution in [2.75, 3.05) is 14.1 Å². The number of likely N-dealkylation sites (N-methyl/N-ethyl adjacent to an activating group) is 2. The number of nitrogens with zero attached hydrogens (tertiary/aromatic N) is 3. The Morgan fingerprint density at radius 3 is 2.64 bits per heavy atom. The molecule has 2 aromatic carbocycles. The van der Waals surface area contributed by atoms with Crippen molar-refractivity contribution in [3.8, 4) is 0 Å². The first-order valence-corrected chi connectivity index (χ1v) is 7.97. The van der Waals surface area contributed by atoms with E-state index in [9.17, 15) is 4.79 Å². The summed E-state index contributed by atoms with van der Waals surface area (Å²) < 4.78 is 1.71. The number of amides is 1. The molecule has 25 heavy (non-hydrogen) atoms. The largest absolute Gasteiger partial charge is 0.340 e. The van der Waals surface area contributed by atoms with E-state index in [1.807, 2.05) is 38.5 Å². The van der Waals surface area contributed by atoms with E-state index in [0.717, 1.165) is 11.1 Å². The quantitative estimate of drug-likeness (QED) is 0.763. The van der Waals surface area contributed by atoms with Crippen molar-refractivity contribution in [1.82, 2.24) is 20.0 Å². The number of aromatic nitrogens is 2. The number of carbonyl (C=O) groups excluding carboxylic acids is 1. The zero-order chi connectivity index (χ0) is 17.1. The first-order chi connectivity index (χ1) is 11.6. The van der Waals surface area contributed by atoms with E-state index in [0.29, 0.717) is 6.54 Å². The van der Waals surface area contributed by atoms with Crippen LogP contribution in [0.2, 0.25) is 0 Å². The van der Waals surface area contributed by atoms with Gasteiger partial charge in [0.1, 0.15) is 6.04 Å². The Morgan fingerprint density at radius 2 is 1.96 bits per heavy atom. The van der Waals surface area contributed by atoms with Gasteiger partial charge in [0, 0.05) is 32.4 Å². The lowest BCUT2D eigenvalue weighted by Crippen LogP contribution is -2.37. The van der Waals surface area contributed by atoms with E-state index in [2.05, 4.69) is 34.7 Å². The summed E-state index contributed by atoms with van der Waals surface area (Å²) in [6, 6.07) is 14.1. The monoisotopic (exact) mass is 358 g/mol. The molecule has 0 bridgehead atoms. The van der Waals surface area contributed by atoms with Gasteiger partial charge in [0.05, 0.1) is 6.20 Å². The Labute approximate surface area is 154 Å². The molecule has 0 aliphatic carbocycles. The molecule has 1 heterocycles. The van der Waals surface area contributed by atoms with Crippen molar-refractivity contribution in [1.29, 1.82) is 0 Å².